The molecule has 23 heavy (non-hydrogen) atoms. The Hall–Kier alpha value is -2.70. The van der Waals surface area contributed by atoms with Gasteiger partial charge in [0.2, 0.25) is 11.9 Å². The van der Waals surface area contributed by atoms with E-state index in [-0.39, 0.29) is 11.7 Å². The molecular weight excluding hydrogens is 297 g/mol. The molecule has 1 aromatic heterocycles. The third-order valence-corrected chi connectivity index (χ3v) is 3.77. The smallest absolute Gasteiger partial charge is 0.229 e. The summed E-state index contributed by atoms with van der Waals surface area (Å²) in [6, 6.07) is 7.99. The van der Waals surface area contributed by atoms with Crippen molar-refractivity contribution in [1.82, 2.24) is 14.9 Å². The summed E-state index contributed by atoms with van der Waals surface area (Å²) in [4.78, 5) is 23.9. The van der Waals surface area contributed by atoms with Crippen molar-refractivity contribution < 1.29 is 9.18 Å². The van der Waals surface area contributed by atoms with Gasteiger partial charge in [-0.25, -0.2) is 9.37 Å². The number of carbonyl (C=O) groups is 1. The van der Waals surface area contributed by atoms with Gasteiger partial charge in [-0.2, -0.15) is 4.98 Å². The van der Waals surface area contributed by atoms with Gasteiger partial charge < -0.3 is 15.1 Å². The summed E-state index contributed by atoms with van der Waals surface area (Å²) in [6.07, 6.45) is 1.67. The molecule has 0 atom stereocenters. The average molecular weight is 315 g/mol. The Kier molecular flexibility index (Phi) is 4.36. The fourth-order valence-electron chi connectivity index (χ4n) is 2.53. The van der Waals surface area contributed by atoms with Crippen molar-refractivity contribution in [2.75, 3.05) is 36.4 Å². The Bertz CT molecular complexity index is 700. The first kappa shape index (κ1) is 15.2. The van der Waals surface area contributed by atoms with Crippen LogP contribution in [-0.4, -0.2) is 47.0 Å². The van der Waals surface area contributed by atoms with Gasteiger partial charge in [0.05, 0.1) is 0 Å². The van der Waals surface area contributed by atoms with Gasteiger partial charge >= 0.3 is 0 Å². The monoisotopic (exact) mass is 315 g/mol. The van der Waals surface area contributed by atoms with Crippen LogP contribution >= 0.6 is 0 Å². The van der Waals surface area contributed by atoms with Crippen molar-refractivity contribution in [3.63, 3.8) is 0 Å². The Morgan fingerprint density at radius 3 is 2.70 bits per heavy atom. The van der Waals surface area contributed by atoms with Crippen molar-refractivity contribution >= 4 is 23.4 Å². The third-order valence-electron chi connectivity index (χ3n) is 3.77. The predicted octanol–water partition coefficient (Wildman–Crippen LogP) is 2.03. The second kappa shape index (κ2) is 6.60. The Labute approximate surface area is 134 Å². The molecule has 1 N–H and O–H groups in total. The molecule has 0 saturated carbocycles. The number of aromatic nitrogens is 2. The fraction of sp³-hybridized carbons (Fsp3) is 0.312. The summed E-state index contributed by atoms with van der Waals surface area (Å²) in [6.45, 7) is 4.42. The molecule has 1 aliphatic rings. The first-order chi connectivity index (χ1) is 11.1. The zero-order valence-electron chi connectivity index (χ0n) is 12.9. The summed E-state index contributed by atoms with van der Waals surface area (Å²) >= 11 is 0. The molecule has 0 radical (unpaired) electrons. The molecule has 1 saturated heterocycles. The zero-order valence-corrected chi connectivity index (χ0v) is 12.9. The molecule has 1 fully saturated rings. The van der Waals surface area contributed by atoms with Gasteiger partial charge in [-0.05, 0) is 24.3 Å². The number of piperazine rings is 1. The molecule has 120 valence electrons. The number of carbonyl (C=O) groups excluding carboxylic acids is 1. The van der Waals surface area contributed by atoms with E-state index in [9.17, 15) is 9.18 Å². The molecule has 6 nitrogen and oxygen atoms in total. The van der Waals surface area contributed by atoms with Crippen molar-refractivity contribution in [1.29, 1.82) is 0 Å². The number of nitrogens with one attached hydrogen (secondary N) is 1. The van der Waals surface area contributed by atoms with Crippen LogP contribution in [0.3, 0.4) is 0 Å². The van der Waals surface area contributed by atoms with Crippen molar-refractivity contribution in [3.8, 4) is 0 Å². The van der Waals surface area contributed by atoms with E-state index < -0.39 is 0 Å². The molecule has 7 heteroatoms. The van der Waals surface area contributed by atoms with E-state index in [0.29, 0.717) is 24.7 Å². The summed E-state index contributed by atoms with van der Waals surface area (Å²) in [7, 11) is 0. The molecule has 1 amide bonds. The fourth-order valence-corrected chi connectivity index (χ4v) is 2.53. The third kappa shape index (κ3) is 3.74. The standard InChI is InChI=1S/C16H18FN5O/c1-12(23)21-7-9-22(10-8-21)15-5-6-18-16(20-15)19-14-4-2-3-13(17)11-14/h2-6,11H,7-10H2,1H3,(H,18,19,20). The highest BCUT2D eigenvalue weighted by molar-refractivity contribution is 5.73. The van der Waals surface area contributed by atoms with Crippen LogP contribution in [0.5, 0.6) is 0 Å². The number of hydrogen-bond acceptors (Lipinski definition) is 5. The van der Waals surface area contributed by atoms with Gasteiger partial charge in [-0.15, -0.1) is 0 Å². The molecule has 2 aromatic rings. The van der Waals surface area contributed by atoms with Crippen LogP contribution in [0.15, 0.2) is 36.5 Å². The largest absolute Gasteiger partial charge is 0.353 e. The highest BCUT2D eigenvalue weighted by Gasteiger charge is 2.19. The molecular formula is C16H18FN5O. The van der Waals surface area contributed by atoms with Crippen molar-refractivity contribution in [2.24, 2.45) is 0 Å². The lowest BCUT2D eigenvalue weighted by atomic mass is 10.3. The Balaban J connectivity index is 1.69. The second-order valence-electron chi connectivity index (χ2n) is 5.37. The van der Waals surface area contributed by atoms with Gasteiger partial charge in [-0.1, -0.05) is 6.07 Å². The maximum Gasteiger partial charge on any atom is 0.229 e. The first-order valence-electron chi connectivity index (χ1n) is 7.48. The lowest BCUT2D eigenvalue weighted by Crippen LogP contribution is -2.48. The number of nitrogens with zero attached hydrogens (tertiary/aromatic N) is 4. The van der Waals surface area contributed by atoms with Crippen LogP contribution in [-0.2, 0) is 4.79 Å². The lowest BCUT2D eigenvalue weighted by molar-refractivity contribution is -0.129. The summed E-state index contributed by atoms with van der Waals surface area (Å²) in [5, 5.41) is 3.00. The summed E-state index contributed by atoms with van der Waals surface area (Å²) < 4.78 is 13.2. The highest BCUT2D eigenvalue weighted by Crippen LogP contribution is 2.18. The van der Waals surface area contributed by atoms with Crippen LogP contribution < -0.4 is 10.2 Å². The number of amides is 1. The minimum Gasteiger partial charge on any atom is -0.353 e. The van der Waals surface area contributed by atoms with E-state index in [4.69, 9.17) is 0 Å². The van der Waals surface area contributed by atoms with Crippen LogP contribution in [0.2, 0.25) is 0 Å². The molecule has 0 spiro atoms. The van der Waals surface area contributed by atoms with Gasteiger partial charge in [-0.3, -0.25) is 4.79 Å². The van der Waals surface area contributed by atoms with Crippen molar-refractivity contribution in [2.45, 2.75) is 6.92 Å². The van der Waals surface area contributed by atoms with Crippen molar-refractivity contribution in [3.05, 3.63) is 42.3 Å². The minimum absolute atomic E-state index is 0.0980. The molecule has 0 aliphatic carbocycles. The van der Waals surface area contributed by atoms with E-state index in [2.05, 4.69) is 20.2 Å². The quantitative estimate of drug-likeness (QED) is 0.939. The molecule has 2 heterocycles. The first-order valence-corrected chi connectivity index (χ1v) is 7.48. The van der Waals surface area contributed by atoms with E-state index in [1.165, 1.54) is 12.1 Å². The van der Waals surface area contributed by atoms with Crippen LogP contribution in [0.1, 0.15) is 6.92 Å². The molecule has 1 aromatic carbocycles. The molecule has 3 rings (SSSR count). The summed E-state index contributed by atoms with van der Waals surface area (Å²) in [5.74, 6) is 0.997. The maximum atomic E-state index is 13.2. The Morgan fingerprint density at radius 1 is 1.22 bits per heavy atom. The number of rotatable bonds is 3. The summed E-state index contributed by atoms with van der Waals surface area (Å²) in [5.41, 5.74) is 0.601. The van der Waals surface area contributed by atoms with Gasteiger partial charge in [0.15, 0.2) is 0 Å². The normalized spacial score (nSPS) is 14.7. The topological polar surface area (TPSA) is 61.4 Å². The van der Waals surface area contributed by atoms with E-state index in [0.717, 1.165) is 18.9 Å². The molecule has 0 bridgehead atoms. The predicted molar refractivity (Wildman–Crippen MR) is 86.2 cm³/mol. The zero-order chi connectivity index (χ0) is 16.2. The van der Waals surface area contributed by atoms with Gasteiger partial charge in [0, 0.05) is 45.0 Å². The van der Waals surface area contributed by atoms with Crippen LogP contribution in [0, 0.1) is 5.82 Å². The van der Waals surface area contributed by atoms with Crippen LogP contribution in [0.4, 0.5) is 21.8 Å². The molecule has 1 aliphatic heterocycles. The minimum atomic E-state index is -0.313. The SMILES string of the molecule is CC(=O)N1CCN(c2ccnc(Nc3cccc(F)c3)n2)CC1. The van der Waals surface area contributed by atoms with E-state index >= 15 is 0 Å². The van der Waals surface area contributed by atoms with Gasteiger partial charge in [0.1, 0.15) is 11.6 Å². The number of anilines is 3. The number of benzene rings is 1. The van der Waals surface area contributed by atoms with Crippen LogP contribution in [0.25, 0.3) is 0 Å². The molecule has 0 unspecified atom stereocenters. The number of hydrogen-bond donors (Lipinski definition) is 1. The van der Waals surface area contributed by atoms with E-state index in [1.54, 1.807) is 25.3 Å². The maximum absolute atomic E-state index is 13.2. The highest BCUT2D eigenvalue weighted by atomic mass is 19.1. The number of halogens is 1. The Morgan fingerprint density at radius 2 is 2.00 bits per heavy atom. The van der Waals surface area contributed by atoms with E-state index in [1.807, 2.05) is 11.0 Å². The van der Waals surface area contributed by atoms with Gasteiger partial charge in [0.25, 0.3) is 0 Å². The average Bonchev–Trinajstić information content (AvgIpc) is 2.55. The lowest BCUT2D eigenvalue weighted by Gasteiger charge is -2.34. The second-order valence-corrected chi connectivity index (χ2v) is 5.37.